The van der Waals surface area contributed by atoms with Crippen molar-refractivity contribution < 1.29 is 13.2 Å². The first kappa shape index (κ1) is 21.8. The molecule has 2 aliphatic rings. The molecule has 1 aliphatic carbocycles. The number of nitriles is 1. The largest absolute Gasteiger partial charge is 0.339 e. The summed E-state index contributed by atoms with van der Waals surface area (Å²) in [6.07, 6.45) is 8.54. The summed E-state index contributed by atoms with van der Waals surface area (Å²) in [4.78, 5) is 14.3. The molecule has 1 N–H and O–H groups in total. The van der Waals surface area contributed by atoms with Crippen molar-refractivity contribution in [3.8, 4) is 6.07 Å². The van der Waals surface area contributed by atoms with Crippen molar-refractivity contribution >= 4 is 15.9 Å². The van der Waals surface area contributed by atoms with Crippen LogP contribution >= 0.6 is 0 Å². The maximum absolute atomic E-state index is 12.9. The Labute approximate surface area is 173 Å². The van der Waals surface area contributed by atoms with Gasteiger partial charge in [0, 0.05) is 32.2 Å². The molecule has 1 amide bonds. The Morgan fingerprint density at radius 2 is 1.66 bits per heavy atom. The van der Waals surface area contributed by atoms with E-state index >= 15 is 0 Å². The fourth-order valence-electron chi connectivity index (χ4n) is 4.10. The summed E-state index contributed by atoms with van der Waals surface area (Å²) in [6.45, 7) is 1.56. The Balaban J connectivity index is 1.52. The Morgan fingerprint density at radius 1 is 1.03 bits per heavy atom. The first-order chi connectivity index (χ1) is 14.0. The number of hydrogen-bond donors (Lipinski definition) is 1. The number of nitrogens with one attached hydrogen (secondary N) is 1. The maximum Gasteiger partial charge on any atom is 0.244 e. The van der Waals surface area contributed by atoms with Gasteiger partial charge in [0.1, 0.15) is 6.07 Å². The third-order valence-electron chi connectivity index (χ3n) is 5.86. The minimum atomic E-state index is -3.73. The lowest BCUT2D eigenvalue weighted by Crippen LogP contribution is -2.52. The van der Waals surface area contributed by atoms with E-state index in [-0.39, 0.29) is 29.5 Å². The molecule has 8 heteroatoms. The van der Waals surface area contributed by atoms with Crippen molar-refractivity contribution in [1.29, 1.82) is 5.26 Å². The van der Waals surface area contributed by atoms with Crippen LogP contribution in [0.25, 0.3) is 0 Å². The summed E-state index contributed by atoms with van der Waals surface area (Å²) < 4.78 is 27.2. The fourth-order valence-corrected chi connectivity index (χ4v) is 5.67. The highest BCUT2D eigenvalue weighted by Crippen LogP contribution is 2.21. The molecular formula is C21H30N4O3S. The second kappa shape index (κ2) is 10.2. The molecule has 158 valence electrons. The van der Waals surface area contributed by atoms with Crippen LogP contribution in [-0.4, -0.2) is 62.3 Å². The summed E-state index contributed by atoms with van der Waals surface area (Å²) in [6, 6.07) is 8.59. The van der Waals surface area contributed by atoms with Gasteiger partial charge in [0.25, 0.3) is 0 Å². The fraction of sp³-hybridized carbons (Fsp3) is 0.619. The van der Waals surface area contributed by atoms with Crippen molar-refractivity contribution in [2.45, 2.75) is 55.9 Å². The quantitative estimate of drug-likeness (QED) is 0.790. The van der Waals surface area contributed by atoms with E-state index in [9.17, 15) is 18.5 Å². The van der Waals surface area contributed by atoms with E-state index in [2.05, 4.69) is 5.32 Å². The molecule has 1 saturated carbocycles. The van der Waals surface area contributed by atoms with Gasteiger partial charge >= 0.3 is 0 Å². The van der Waals surface area contributed by atoms with Crippen molar-refractivity contribution in [2.75, 3.05) is 32.7 Å². The van der Waals surface area contributed by atoms with E-state index < -0.39 is 10.0 Å². The van der Waals surface area contributed by atoms with E-state index in [0.29, 0.717) is 25.7 Å². The number of hydrogen-bond acceptors (Lipinski definition) is 5. The first-order valence-corrected chi connectivity index (χ1v) is 12.0. The number of carbonyl (C=O) groups is 1. The van der Waals surface area contributed by atoms with Crippen LogP contribution in [0.4, 0.5) is 0 Å². The van der Waals surface area contributed by atoms with Crippen LogP contribution in [-0.2, 0) is 14.8 Å². The highest BCUT2D eigenvalue weighted by molar-refractivity contribution is 7.89. The molecule has 1 aromatic carbocycles. The molecule has 2 fully saturated rings. The van der Waals surface area contributed by atoms with Gasteiger partial charge in [0.15, 0.2) is 0 Å². The molecular weight excluding hydrogens is 388 g/mol. The van der Waals surface area contributed by atoms with Gasteiger partial charge in [-0.25, -0.2) is 8.42 Å². The second-order valence-electron chi connectivity index (χ2n) is 7.82. The number of piperazine rings is 1. The summed E-state index contributed by atoms with van der Waals surface area (Å²) in [5, 5.41) is 12.6. The van der Waals surface area contributed by atoms with Crippen LogP contribution < -0.4 is 5.32 Å². The summed E-state index contributed by atoms with van der Waals surface area (Å²) >= 11 is 0. The number of sulfonamides is 1. The average molecular weight is 419 g/mol. The van der Waals surface area contributed by atoms with Gasteiger partial charge < -0.3 is 10.2 Å². The molecule has 0 radical (unpaired) electrons. The first-order valence-electron chi connectivity index (χ1n) is 10.5. The van der Waals surface area contributed by atoms with Crippen LogP contribution in [0.3, 0.4) is 0 Å². The molecule has 0 atom stereocenters. The van der Waals surface area contributed by atoms with Gasteiger partial charge in [-0.2, -0.15) is 9.57 Å². The molecule has 0 unspecified atom stereocenters. The number of rotatable bonds is 5. The molecule has 29 heavy (non-hydrogen) atoms. The minimum absolute atomic E-state index is 0.0292. The molecule has 0 bridgehead atoms. The predicted molar refractivity (Wildman–Crippen MR) is 111 cm³/mol. The number of amides is 1. The van der Waals surface area contributed by atoms with Crippen LogP contribution in [0.5, 0.6) is 0 Å². The number of nitrogens with zero attached hydrogens (tertiary/aromatic N) is 3. The number of carbonyl (C=O) groups excluding carboxylic acids is 1. The van der Waals surface area contributed by atoms with Crippen LogP contribution in [0, 0.1) is 11.3 Å². The zero-order chi connectivity index (χ0) is 20.7. The Hall–Kier alpha value is -1.95. The van der Waals surface area contributed by atoms with Gasteiger partial charge in [0.05, 0.1) is 17.0 Å². The van der Waals surface area contributed by atoms with Gasteiger partial charge in [0.2, 0.25) is 15.9 Å². The third kappa shape index (κ3) is 5.56. The normalized spacial score (nSPS) is 19.9. The van der Waals surface area contributed by atoms with Gasteiger partial charge in [-0.15, -0.1) is 0 Å². The Bertz CT molecular complexity index is 834. The van der Waals surface area contributed by atoms with Crippen molar-refractivity contribution in [2.24, 2.45) is 0 Å². The topological polar surface area (TPSA) is 93.5 Å². The van der Waals surface area contributed by atoms with Crippen molar-refractivity contribution in [3.63, 3.8) is 0 Å². The predicted octanol–water partition coefficient (Wildman–Crippen LogP) is 2.09. The summed E-state index contributed by atoms with van der Waals surface area (Å²) in [5.41, 5.74) is 0.148. The zero-order valence-electron chi connectivity index (χ0n) is 16.8. The van der Waals surface area contributed by atoms with Crippen LogP contribution in [0.2, 0.25) is 0 Å². The number of benzene rings is 1. The average Bonchev–Trinajstić information content (AvgIpc) is 2.72. The smallest absolute Gasteiger partial charge is 0.244 e. The molecule has 7 nitrogen and oxygen atoms in total. The molecule has 1 saturated heterocycles. The van der Waals surface area contributed by atoms with E-state index in [1.54, 1.807) is 17.0 Å². The monoisotopic (exact) mass is 418 g/mol. The molecule has 0 spiro atoms. The van der Waals surface area contributed by atoms with E-state index in [4.69, 9.17) is 0 Å². The van der Waals surface area contributed by atoms with Crippen molar-refractivity contribution in [1.82, 2.24) is 14.5 Å². The van der Waals surface area contributed by atoms with Gasteiger partial charge in [-0.1, -0.05) is 44.2 Å². The molecule has 0 aromatic heterocycles. The second-order valence-corrected chi connectivity index (χ2v) is 9.72. The lowest BCUT2D eigenvalue weighted by Gasteiger charge is -2.34. The molecule has 3 rings (SSSR count). The van der Waals surface area contributed by atoms with Gasteiger partial charge in [-0.05, 0) is 25.0 Å². The summed E-state index contributed by atoms with van der Waals surface area (Å²) in [5.74, 6) is 0.0292. The highest BCUT2D eigenvalue weighted by Gasteiger charge is 2.31. The minimum Gasteiger partial charge on any atom is -0.339 e. The zero-order valence-corrected chi connectivity index (χ0v) is 17.7. The van der Waals surface area contributed by atoms with E-state index in [1.807, 2.05) is 6.07 Å². The standard InChI is InChI=1S/C21H30N4O3S/c22-16-18-8-6-7-11-20(18)29(27,28)25-14-12-24(13-15-25)21(26)17-23-19-9-4-2-1-3-5-10-19/h6-8,11,19,23H,1-5,9-10,12-15,17H2. The molecule has 1 aromatic rings. The SMILES string of the molecule is N#Cc1ccccc1S(=O)(=O)N1CCN(C(=O)CNC2CCCCCCC2)CC1. The third-order valence-corrected chi connectivity index (χ3v) is 7.82. The summed E-state index contributed by atoms with van der Waals surface area (Å²) in [7, 11) is -3.73. The van der Waals surface area contributed by atoms with E-state index in [0.717, 1.165) is 12.8 Å². The van der Waals surface area contributed by atoms with Crippen LogP contribution in [0.1, 0.15) is 50.5 Å². The van der Waals surface area contributed by atoms with Crippen LogP contribution in [0.15, 0.2) is 29.2 Å². The molecule has 1 heterocycles. The lowest BCUT2D eigenvalue weighted by molar-refractivity contribution is -0.131. The Morgan fingerprint density at radius 3 is 2.31 bits per heavy atom. The van der Waals surface area contributed by atoms with E-state index in [1.165, 1.54) is 48.5 Å². The maximum atomic E-state index is 12.9. The Kier molecular flexibility index (Phi) is 7.64. The van der Waals surface area contributed by atoms with Gasteiger partial charge in [-0.3, -0.25) is 4.79 Å². The highest BCUT2D eigenvalue weighted by atomic mass is 32.2. The lowest BCUT2D eigenvalue weighted by atomic mass is 9.97. The molecule has 1 aliphatic heterocycles. The van der Waals surface area contributed by atoms with Crippen molar-refractivity contribution in [3.05, 3.63) is 29.8 Å².